The molecule has 0 aromatic rings. The number of carbonyl (C=O) groups is 4. The first-order chi connectivity index (χ1) is 26.1. The van der Waals surface area contributed by atoms with Crippen molar-refractivity contribution in [2.45, 2.75) is 111 Å². The Kier molecular flexibility index (Phi) is 15.2. The average molecular weight is 800 g/mol. The maximum absolute atomic E-state index is 12.7. The van der Waals surface area contributed by atoms with E-state index in [4.69, 9.17) is 33.3 Å². The van der Waals surface area contributed by atoms with Gasteiger partial charge in [-0.25, -0.2) is 4.79 Å². The summed E-state index contributed by atoms with van der Waals surface area (Å²) in [6.07, 6.45) is -25.3. The molecular weight excluding hydrogens is 750 g/mol. The van der Waals surface area contributed by atoms with Crippen molar-refractivity contribution in [2.24, 2.45) is 5.92 Å². The molecule has 0 radical (unpaired) electrons. The zero-order valence-electron chi connectivity index (χ0n) is 29.4. The SMILES string of the molecule is O=C(CN1CC[C@@H](C(=O)ON2C(=O)CCC2=O)C1)NCCO[C@H]1O[C@H](CO[C@H]2O[C@H](CO)[C@@H](O)[C@H](O)[C@@H]2O)[C@@H](O)[C@H](O[C@H]2O[C@H](CO)[C@@H](O)[C@H](O)[C@@H]2O)[C@@H]1O. The summed E-state index contributed by atoms with van der Waals surface area (Å²) in [6.45, 7) is -2.31. The summed E-state index contributed by atoms with van der Waals surface area (Å²) in [5.74, 6) is -3.12. The number of hydrogen-bond acceptors (Lipinski definition) is 22. The lowest BCUT2D eigenvalue weighted by atomic mass is 9.96. The van der Waals surface area contributed by atoms with Crippen molar-refractivity contribution in [2.75, 3.05) is 52.6 Å². The van der Waals surface area contributed by atoms with Crippen molar-refractivity contribution in [3.8, 4) is 0 Å². The third-order valence-electron chi connectivity index (χ3n) is 9.92. The molecule has 11 N–H and O–H groups in total. The molecule has 24 nitrogen and oxygen atoms in total. The zero-order valence-corrected chi connectivity index (χ0v) is 29.4. The van der Waals surface area contributed by atoms with E-state index >= 15 is 0 Å². The van der Waals surface area contributed by atoms with E-state index in [1.807, 2.05) is 0 Å². The van der Waals surface area contributed by atoms with Gasteiger partial charge in [-0.3, -0.25) is 19.3 Å². The number of hydroxylamine groups is 2. The van der Waals surface area contributed by atoms with E-state index in [0.29, 0.717) is 18.0 Å². The molecule has 5 fully saturated rings. The van der Waals surface area contributed by atoms with Crippen LogP contribution >= 0.6 is 0 Å². The molecule has 3 amide bonds. The van der Waals surface area contributed by atoms with Crippen LogP contribution in [0.5, 0.6) is 0 Å². The molecule has 0 aliphatic carbocycles. The molecule has 0 spiro atoms. The van der Waals surface area contributed by atoms with Crippen LogP contribution in [-0.2, 0) is 52.4 Å². The topological polar surface area (TPSA) is 354 Å². The molecule has 24 heteroatoms. The molecule has 314 valence electrons. The maximum atomic E-state index is 12.7. The van der Waals surface area contributed by atoms with Gasteiger partial charge in [-0.2, -0.15) is 0 Å². The second-order valence-electron chi connectivity index (χ2n) is 13.8. The number of nitrogens with one attached hydrogen (secondary N) is 1. The molecule has 5 heterocycles. The molecule has 55 heavy (non-hydrogen) atoms. The molecule has 0 aromatic heterocycles. The number of nitrogens with zero attached hydrogens (tertiary/aromatic N) is 2. The Labute approximate surface area is 312 Å². The van der Waals surface area contributed by atoms with Crippen LogP contribution < -0.4 is 5.32 Å². The highest BCUT2D eigenvalue weighted by atomic mass is 16.8. The van der Waals surface area contributed by atoms with E-state index in [0.717, 1.165) is 0 Å². The molecule has 5 aliphatic rings. The number of likely N-dealkylation sites (tertiary alicyclic amines) is 1. The van der Waals surface area contributed by atoms with Crippen molar-refractivity contribution in [1.82, 2.24) is 15.3 Å². The van der Waals surface area contributed by atoms with Gasteiger partial charge < -0.3 is 89.6 Å². The number of ether oxygens (including phenoxy) is 6. The normalized spacial score (nSPS) is 41.5. The van der Waals surface area contributed by atoms with E-state index in [9.17, 15) is 70.2 Å². The average Bonchev–Trinajstić information content (AvgIpc) is 3.76. The summed E-state index contributed by atoms with van der Waals surface area (Å²) in [4.78, 5) is 55.2. The van der Waals surface area contributed by atoms with Gasteiger partial charge in [0.15, 0.2) is 18.9 Å². The van der Waals surface area contributed by atoms with Crippen LogP contribution in [0, 0.1) is 5.92 Å². The van der Waals surface area contributed by atoms with Crippen LogP contribution in [-0.4, -0.2) is 229 Å². The first-order valence-electron chi connectivity index (χ1n) is 17.7. The minimum Gasteiger partial charge on any atom is -0.394 e. The van der Waals surface area contributed by atoms with E-state index in [1.165, 1.54) is 0 Å². The molecule has 5 aliphatic heterocycles. The van der Waals surface area contributed by atoms with E-state index in [2.05, 4.69) is 5.32 Å². The fourth-order valence-corrected chi connectivity index (χ4v) is 6.68. The zero-order chi connectivity index (χ0) is 40.1. The Morgan fingerprint density at radius 1 is 0.709 bits per heavy atom. The van der Waals surface area contributed by atoms with Crippen molar-refractivity contribution in [1.29, 1.82) is 0 Å². The van der Waals surface area contributed by atoms with Gasteiger partial charge >= 0.3 is 5.97 Å². The highest BCUT2D eigenvalue weighted by Crippen LogP contribution is 2.31. The van der Waals surface area contributed by atoms with E-state index < -0.39 is 142 Å². The number of aliphatic hydroxyl groups excluding tert-OH is 10. The van der Waals surface area contributed by atoms with Crippen LogP contribution in [0.15, 0.2) is 0 Å². The van der Waals surface area contributed by atoms with Gasteiger partial charge in [0.05, 0.1) is 38.9 Å². The molecular formula is C31H49N3O21. The first-order valence-corrected chi connectivity index (χ1v) is 17.7. The summed E-state index contributed by atoms with van der Waals surface area (Å²) >= 11 is 0. The van der Waals surface area contributed by atoms with Crippen LogP contribution in [0.3, 0.4) is 0 Å². The Morgan fingerprint density at radius 2 is 1.27 bits per heavy atom. The van der Waals surface area contributed by atoms with Crippen LogP contribution in [0.2, 0.25) is 0 Å². The van der Waals surface area contributed by atoms with Gasteiger partial charge in [-0.15, -0.1) is 5.06 Å². The third-order valence-corrected chi connectivity index (χ3v) is 9.92. The number of amides is 3. The number of aliphatic hydroxyl groups is 10. The Bertz CT molecular complexity index is 1310. The predicted molar refractivity (Wildman–Crippen MR) is 170 cm³/mol. The van der Waals surface area contributed by atoms with Crippen molar-refractivity contribution in [3.63, 3.8) is 0 Å². The number of carbonyl (C=O) groups excluding carboxylic acids is 4. The number of hydrogen-bond donors (Lipinski definition) is 11. The molecule has 0 aromatic carbocycles. The van der Waals surface area contributed by atoms with E-state index in [-0.39, 0.29) is 39.1 Å². The maximum Gasteiger partial charge on any atom is 0.337 e. The molecule has 5 saturated heterocycles. The van der Waals surface area contributed by atoms with Crippen molar-refractivity contribution < 1.29 is 104 Å². The fourth-order valence-electron chi connectivity index (χ4n) is 6.68. The minimum atomic E-state index is -1.92. The monoisotopic (exact) mass is 799 g/mol. The Morgan fingerprint density at radius 3 is 1.89 bits per heavy atom. The summed E-state index contributed by atoms with van der Waals surface area (Å²) in [7, 11) is 0. The van der Waals surface area contributed by atoms with E-state index in [1.54, 1.807) is 4.90 Å². The summed E-state index contributed by atoms with van der Waals surface area (Å²) in [6, 6.07) is 0. The molecule has 0 bridgehead atoms. The van der Waals surface area contributed by atoms with Gasteiger partial charge in [-0.1, -0.05) is 0 Å². The summed E-state index contributed by atoms with van der Waals surface area (Å²) in [5.41, 5.74) is 0. The van der Waals surface area contributed by atoms with Crippen molar-refractivity contribution in [3.05, 3.63) is 0 Å². The Balaban J connectivity index is 1.15. The first kappa shape index (κ1) is 43.5. The van der Waals surface area contributed by atoms with Crippen molar-refractivity contribution >= 4 is 23.7 Å². The largest absolute Gasteiger partial charge is 0.394 e. The quantitative estimate of drug-likeness (QED) is 0.0541. The second-order valence-corrected chi connectivity index (χ2v) is 13.8. The highest BCUT2D eigenvalue weighted by molar-refractivity contribution is 6.01. The molecule has 16 atom stereocenters. The Hall–Kier alpha value is -2.60. The lowest BCUT2D eigenvalue weighted by molar-refractivity contribution is -0.366. The highest BCUT2D eigenvalue weighted by Gasteiger charge is 2.52. The molecule has 0 saturated carbocycles. The smallest absolute Gasteiger partial charge is 0.337 e. The van der Waals surface area contributed by atoms with Gasteiger partial charge in [0.2, 0.25) is 5.91 Å². The second kappa shape index (κ2) is 19.2. The summed E-state index contributed by atoms with van der Waals surface area (Å²) < 4.78 is 33.2. The van der Waals surface area contributed by atoms with Crippen LogP contribution in [0.1, 0.15) is 19.3 Å². The standard InChI is InChI=1S/C31H49N3O21/c35-9-13-19(40)22(43)24(45)29(51-13)50-11-15-21(42)27(54-31-25(46)23(44)20(41)14(10-36)52-31)26(47)30(53-15)49-6-4-32-16(37)8-33-5-3-12(7-33)28(48)55-34-17(38)1-2-18(34)39/h12-15,19-27,29-31,35-36,40-47H,1-11H2,(H,32,37)/t12-,13-,14-,15-,19-,20-,21-,22+,23+,24+,25+,26+,27+,29+,30+,31-/m1/s1. The number of rotatable bonds is 15. The molecule has 0 unspecified atom stereocenters. The number of imide groups is 1. The summed E-state index contributed by atoms with van der Waals surface area (Å²) in [5, 5.41) is 106. The van der Waals surface area contributed by atoms with Gasteiger partial charge in [0.25, 0.3) is 11.8 Å². The predicted octanol–water partition coefficient (Wildman–Crippen LogP) is -8.50. The fraction of sp³-hybridized carbons (Fsp3) is 0.871. The minimum absolute atomic E-state index is 0.0440. The van der Waals surface area contributed by atoms with Gasteiger partial charge in [0, 0.05) is 25.9 Å². The van der Waals surface area contributed by atoms with Gasteiger partial charge in [-0.05, 0) is 13.0 Å². The van der Waals surface area contributed by atoms with Gasteiger partial charge in [0.1, 0.15) is 73.2 Å². The van der Waals surface area contributed by atoms with Crippen LogP contribution in [0.4, 0.5) is 0 Å². The molecule has 5 rings (SSSR count). The lowest BCUT2D eigenvalue weighted by Gasteiger charge is -2.46. The van der Waals surface area contributed by atoms with Crippen LogP contribution in [0.25, 0.3) is 0 Å². The third kappa shape index (κ3) is 10.1. The lowest BCUT2D eigenvalue weighted by Crippen LogP contribution is -2.65.